The third-order valence-corrected chi connectivity index (χ3v) is 5.43. The van der Waals surface area contributed by atoms with E-state index in [1.807, 2.05) is 54.6 Å². The molecule has 152 valence electrons. The number of aryl methyl sites for hydroxylation is 1. The van der Waals surface area contributed by atoms with Crippen molar-refractivity contribution in [1.29, 1.82) is 0 Å². The van der Waals surface area contributed by atoms with Crippen LogP contribution in [-0.4, -0.2) is 14.2 Å². The lowest BCUT2D eigenvalue weighted by Gasteiger charge is -2.10. The fourth-order valence-electron chi connectivity index (χ4n) is 3.35. The van der Waals surface area contributed by atoms with Gasteiger partial charge >= 0.3 is 0 Å². The van der Waals surface area contributed by atoms with E-state index < -0.39 is 0 Å². The fraction of sp³-hybridized carbons (Fsp3) is 0.160. The van der Waals surface area contributed by atoms with Crippen LogP contribution in [0.3, 0.4) is 0 Å². The highest BCUT2D eigenvalue weighted by Gasteiger charge is 2.11. The molecule has 1 heterocycles. The standard InChI is InChI=1S/C25H22ClNO3/c1-15-6-5-7-20(16(15)2)27-21-14-24(30-22-11-9-18(26)13-19(21)22)17-8-10-23(28-3)25(12-17)29-4/h5-14H,1-4H3. The summed E-state index contributed by atoms with van der Waals surface area (Å²) < 4.78 is 17.0. The molecule has 0 fully saturated rings. The van der Waals surface area contributed by atoms with Crippen LogP contribution >= 0.6 is 11.6 Å². The van der Waals surface area contributed by atoms with Gasteiger partial charge in [-0.25, -0.2) is 4.99 Å². The Kier molecular flexibility index (Phi) is 5.51. The first-order valence-corrected chi connectivity index (χ1v) is 9.94. The predicted octanol–water partition coefficient (Wildman–Crippen LogP) is 6.62. The van der Waals surface area contributed by atoms with Crippen molar-refractivity contribution in [3.8, 4) is 22.8 Å². The van der Waals surface area contributed by atoms with Crippen LogP contribution in [0.2, 0.25) is 5.02 Å². The fourth-order valence-corrected chi connectivity index (χ4v) is 3.52. The molecule has 4 aromatic rings. The maximum atomic E-state index is 6.27. The number of benzene rings is 3. The van der Waals surface area contributed by atoms with Crippen molar-refractivity contribution in [2.24, 2.45) is 4.99 Å². The summed E-state index contributed by atoms with van der Waals surface area (Å²) in [6, 6.07) is 19.3. The molecule has 0 saturated carbocycles. The summed E-state index contributed by atoms with van der Waals surface area (Å²) in [5.41, 5.74) is 4.82. The van der Waals surface area contributed by atoms with Gasteiger partial charge in [-0.05, 0) is 67.4 Å². The second-order valence-electron chi connectivity index (χ2n) is 7.04. The van der Waals surface area contributed by atoms with Crippen LogP contribution in [-0.2, 0) is 0 Å². The summed E-state index contributed by atoms with van der Waals surface area (Å²) in [4.78, 5) is 4.96. The van der Waals surface area contributed by atoms with Crippen molar-refractivity contribution in [2.75, 3.05) is 14.2 Å². The van der Waals surface area contributed by atoms with E-state index in [1.54, 1.807) is 14.2 Å². The normalized spacial score (nSPS) is 11.7. The number of rotatable bonds is 4. The Morgan fingerprint density at radius 2 is 1.67 bits per heavy atom. The van der Waals surface area contributed by atoms with Gasteiger partial charge < -0.3 is 13.9 Å². The van der Waals surface area contributed by atoms with E-state index in [2.05, 4.69) is 19.9 Å². The van der Waals surface area contributed by atoms with Gasteiger partial charge in [-0.15, -0.1) is 0 Å². The van der Waals surface area contributed by atoms with E-state index in [9.17, 15) is 0 Å². The molecule has 30 heavy (non-hydrogen) atoms. The number of hydrogen-bond donors (Lipinski definition) is 0. The Hall–Kier alpha value is -3.24. The number of hydrogen-bond acceptors (Lipinski definition) is 4. The van der Waals surface area contributed by atoms with E-state index in [0.717, 1.165) is 27.6 Å². The van der Waals surface area contributed by atoms with Crippen LogP contribution in [0.25, 0.3) is 22.3 Å². The lowest BCUT2D eigenvalue weighted by molar-refractivity contribution is 0.355. The monoisotopic (exact) mass is 419 g/mol. The second kappa shape index (κ2) is 8.25. The zero-order chi connectivity index (χ0) is 21.3. The van der Waals surface area contributed by atoms with Gasteiger partial charge in [-0.3, -0.25) is 0 Å². The highest BCUT2D eigenvalue weighted by Crippen LogP contribution is 2.33. The molecule has 0 N–H and O–H groups in total. The molecule has 0 radical (unpaired) electrons. The molecule has 0 unspecified atom stereocenters. The molecule has 3 aromatic carbocycles. The zero-order valence-electron chi connectivity index (χ0n) is 17.3. The molecule has 0 aliphatic heterocycles. The van der Waals surface area contributed by atoms with Gasteiger partial charge in [0.1, 0.15) is 11.3 Å². The average molecular weight is 420 g/mol. The lowest BCUT2D eigenvalue weighted by Crippen LogP contribution is -2.04. The Balaban J connectivity index is 1.99. The Morgan fingerprint density at radius 1 is 0.867 bits per heavy atom. The molecule has 0 saturated heterocycles. The van der Waals surface area contributed by atoms with Crippen LogP contribution in [0.1, 0.15) is 11.1 Å². The summed E-state index contributed by atoms with van der Waals surface area (Å²) in [5.74, 6) is 1.97. The Morgan fingerprint density at radius 3 is 2.43 bits per heavy atom. The van der Waals surface area contributed by atoms with Crippen molar-refractivity contribution in [1.82, 2.24) is 0 Å². The minimum atomic E-state index is 0.633. The van der Waals surface area contributed by atoms with E-state index in [4.69, 9.17) is 30.5 Å². The van der Waals surface area contributed by atoms with E-state index in [0.29, 0.717) is 27.9 Å². The summed E-state index contributed by atoms with van der Waals surface area (Å²) in [7, 11) is 3.23. The molecule has 4 rings (SSSR count). The van der Waals surface area contributed by atoms with E-state index in [1.165, 1.54) is 5.56 Å². The van der Waals surface area contributed by atoms with Gasteiger partial charge in [0.2, 0.25) is 0 Å². The SMILES string of the molecule is COc1ccc(-c2cc(=Nc3cccc(C)c3C)c3cc(Cl)ccc3o2)cc1OC. The lowest BCUT2D eigenvalue weighted by atomic mass is 10.1. The Labute approximate surface area is 180 Å². The number of ether oxygens (including phenoxy) is 2. The molecule has 0 amide bonds. The van der Waals surface area contributed by atoms with Crippen LogP contribution in [0.5, 0.6) is 11.5 Å². The van der Waals surface area contributed by atoms with Gasteiger partial charge in [0.15, 0.2) is 11.5 Å². The number of methoxy groups -OCH3 is 2. The minimum absolute atomic E-state index is 0.633. The van der Waals surface area contributed by atoms with Gasteiger partial charge in [0.25, 0.3) is 0 Å². The third kappa shape index (κ3) is 3.79. The van der Waals surface area contributed by atoms with Crippen LogP contribution in [0.4, 0.5) is 5.69 Å². The molecule has 0 aliphatic carbocycles. The molecule has 4 nitrogen and oxygen atoms in total. The van der Waals surface area contributed by atoms with Gasteiger partial charge in [0.05, 0.1) is 25.3 Å². The zero-order valence-corrected chi connectivity index (χ0v) is 18.1. The van der Waals surface area contributed by atoms with Crippen molar-refractivity contribution in [3.05, 3.63) is 82.2 Å². The predicted molar refractivity (Wildman–Crippen MR) is 121 cm³/mol. The average Bonchev–Trinajstić information content (AvgIpc) is 2.76. The van der Waals surface area contributed by atoms with Crippen LogP contribution < -0.4 is 14.8 Å². The molecule has 5 heteroatoms. The molecule has 0 aliphatic rings. The first kappa shape index (κ1) is 20.0. The highest BCUT2D eigenvalue weighted by molar-refractivity contribution is 6.31. The van der Waals surface area contributed by atoms with Crippen molar-refractivity contribution < 1.29 is 13.9 Å². The van der Waals surface area contributed by atoms with E-state index in [-0.39, 0.29) is 0 Å². The van der Waals surface area contributed by atoms with Crippen molar-refractivity contribution >= 4 is 28.3 Å². The smallest absolute Gasteiger partial charge is 0.161 e. The molecular formula is C25H22ClNO3. The third-order valence-electron chi connectivity index (χ3n) is 5.19. The van der Waals surface area contributed by atoms with Crippen molar-refractivity contribution in [2.45, 2.75) is 13.8 Å². The molecule has 0 spiro atoms. The quantitative estimate of drug-likeness (QED) is 0.373. The topological polar surface area (TPSA) is 44.0 Å². The summed E-state index contributed by atoms with van der Waals surface area (Å²) >= 11 is 6.27. The van der Waals surface area contributed by atoms with Gasteiger partial charge in [-0.2, -0.15) is 0 Å². The first-order chi connectivity index (χ1) is 14.5. The number of fused-ring (bicyclic) bond motifs is 1. The van der Waals surface area contributed by atoms with Crippen LogP contribution in [0, 0.1) is 13.8 Å². The molecular weight excluding hydrogens is 398 g/mol. The van der Waals surface area contributed by atoms with Gasteiger partial charge in [0, 0.05) is 22.0 Å². The number of nitrogens with zero attached hydrogens (tertiary/aromatic N) is 1. The molecule has 0 atom stereocenters. The maximum Gasteiger partial charge on any atom is 0.161 e. The molecule has 1 aromatic heterocycles. The van der Waals surface area contributed by atoms with Crippen LogP contribution in [0.15, 0.2) is 70.1 Å². The van der Waals surface area contributed by atoms with Crippen molar-refractivity contribution in [3.63, 3.8) is 0 Å². The Bertz CT molecular complexity index is 1310. The highest BCUT2D eigenvalue weighted by atomic mass is 35.5. The number of halogens is 1. The summed E-state index contributed by atoms with van der Waals surface area (Å²) in [5, 5.41) is 2.28. The molecule has 0 bridgehead atoms. The summed E-state index contributed by atoms with van der Waals surface area (Å²) in [6.07, 6.45) is 0. The second-order valence-corrected chi connectivity index (χ2v) is 7.47. The van der Waals surface area contributed by atoms with E-state index >= 15 is 0 Å². The largest absolute Gasteiger partial charge is 0.493 e. The summed E-state index contributed by atoms with van der Waals surface area (Å²) in [6.45, 7) is 4.16. The maximum absolute atomic E-state index is 6.27. The minimum Gasteiger partial charge on any atom is -0.493 e. The first-order valence-electron chi connectivity index (χ1n) is 9.57. The van der Waals surface area contributed by atoms with Gasteiger partial charge in [-0.1, -0.05) is 23.7 Å².